The number of non-ortho nitro benzene ring substituents is 1. The summed E-state index contributed by atoms with van der Waals surface area (Å²) in [5.41, 5.74) is 2.35. The van der Waals surface area contributed by atoms with E-state index >= 15 is 0 Å². The van der Waals surface area contributed by atoms with Crippen LogP contribution >= 0.6 is 0 Å². The minimum Gasteiger partial charge on any atom is -0.324 e. The van der Waals surface area contributed by atoms with Crippen molar-refractivity contribution in [2.75, 3.05) is 5.32 Å². The number of anilines is 1. The van der Waals surface area contributed by atoms with Gasteiger partial charge in [-0.25, -0.2) is 0 Å². The van der Waals surface area contributed by atoms with E-state index in [-0.39, 0.29) is 18.1 Å². The first-order chi connectivity index (χ1) is 12.0. The van der Waals surface area contributed by atoms with Gasteiger partial charge in [-0.1, -0.05) is 29.8 Å². The summed E-state index contributed by atoms with van der Waals surface area (Å²) in [5, 5.41) is 25.2. The van der Waals surface area contributed by atoms with Crippen LogP contribution in [0.15, 0.2) is 48.5 Å². The summed E-state index contributed by atoms with van der Waals surface area (Å²) in [4.78, 5) is 23.3. The number of tetrazole rings is 1. The molecule has 1 heterocycles. The fraction of sp³-hybridized carbons (Fsp3) is 0.125. The minimum absolute atomic E-state index is 0.0429. The van der Waals surface area contributed by atoms with Gasteiger partial charge < -0.3 is 5.32 Å². The van der Waals surface area contributed by atoms with Gasteiger partial charge in [-0.3, -0.25) is 14.9 Å². The average molecular weight is 338 g/mol. The number of hydrogen-bond donors (Lipinski definition) is 1. The van der Waals surface area contributed by atoms with Crippen LogP contribution in [-0.2, 0) is 11.3 Å². The van der Waals surface area contributed by atoms with Crippen molar-refractivity contribution in [1.82, 2.24) is 20.2 Å². The Morgan fingerprint density at radius 3 is 2.48 bits per heavy atom. The van der Waals surface area contributed by atoms with Gasteiger partial charge in [0.1, 0.15) is 6.54 Å². The molecule has 9 heteroatoms. The molecular weight excluding hydrogens is 324 g/mol. The van der Waals surface area contributed by atoms with E-state index in [9.17, 15) is 14.9 Å². The van der Waals surface area contributed by atoms with Crippen molar-refractivity contribution in [3.63, 3.8) is 0 Å². The van der Waals surface area contributed by atoms with Crippen LogP contribution in [0.25, 0.3) is 11.4 Å². The van der Waals surface area contributed by atoms with Gasteiger partial charge in [-0.05, 0) is 24.3 Å². The summed E-state index contributed by atoms with van der Waals surface area (Å²) < 4.78 is 0. The Morgan fingerprint density at radius 1 is 1.16 bits per heavy atom. The molecule has 1 amide bonds. The molecule has 0 atom stereocenters. The molecule has 0 saturated heterocycles. The Kier molecular flexibility index (Phi) is 4.46. The van der Waals surface area contributed by atoms with Gasteiger partial charge in [0.05, 0.1) is 4.92 Å². The van der Waals surface area contributed by atoms with E-state index in [1.807, 2.05) is 31.2 Å². The van der Waals surface area contributed by atoms with Crippen molar-refractivity contribution >= 4 is 17.3 Å². The van der Waals surface area contributed by atoms with Crippen LogP contribution in [0.2, 0.25) is 0 Å². The second-order valence-electron chi connectivity index (χ2n) is 5.36. The molecule has 0 saturated carbocycles. The van der Waals surface area contributed by atoms with Crippen LogP contribution in [0.1, 0.15) is 5.56 Å². The molecule has 0 radical (unpaired) electrons. The number of nitro benzene ring substituents is 1. The molecule has 2 aromatic carbocycles. The molecule has 126 valence electrons. The van der Waals surface area contributed by atoms with E-state index < -0.39 is 4.92 Å². The highest BCUT2D eigenvalue weighted by Gasteiger charge is 2.10. The van der Waals surface area contributed by atoms with Crippen LogP contribution in [0.3, 0.4) is 0 Å². The van der Waals surface area contributed by atoms with Gasteiger partial charge in [0.2, 0.25) is 11.7 Å². The average Bonchev–Trinajstić information content (AvgIpc) is 3.04. The summed E-state index contributed by atoms with van der Waals surface area (Å²) in [6.45, 7) is 1.87. The summed E-state index contributed by atoms with van der Waals surface area (Å²) in [6.07, 6.45) is 0. The van der Waals surface area contributed by atoms with E-state index in [0.29, 0.717) is 11.5 Å². The van der Waals surface area contributed by atoms with Gasteiger partial charge in [-0.15, -0.1) is 10.2 Å². The largest absolute Gasteiger partial charge is 0.324 e. The molecule has 0 aliphatic carbocycles. The first-order valence-electron chi connectivity index (χ1n) is 7.40. The predicted octanol–water partition coefficient (Wildman–Crippen LogP) is 2.20. The predicted molar refractivity (Wildman–Crippen MR) is 89.7 cm³/mol. The lowest BCUT2D eigenvalue weighted by atomic mass is 10.1. The number of rotatable bonds is 5. The number of amides is 1. The standard InChI is InChI=1S/C16H14N6O3/c1-11-2-4-12(5-3-11)16-18-20-21(19-16)10-15(23)17-13-6-8-14(9-7-13)22(24)25/h2-9H,10H2,1H3,(H,17,23). The second kappa shape index (κ2) is 6.87. The van der Waals surface area contributed by atoms with Crippen molar-refractivity contribution in [1.29, 1.82) is 0 Å². The lowest BCUT2D eigenvalue weighted by Gasteiger charge is -2.03. The number of carbonyl (C=O) groups is 1. The molecule has 0 fully saturated rings. The number of aromatic nitrogens is 4. The topological polar surface area (TPSA) is 116 Å². The number of aryl methyl sites for hydroxylation is 1. The van der Waals surface area contributed by atoms with Crippen LogP contribution in [-0.4, -0.2) is 31.0 Å². The molecule has 3 rings (SSSR count). The van der Waals surface area contributed by atoms with Crippen LogP contribution < -0.4 is 5.32 Å². The quantitative estimate of drug-likeness (QED) is 0.563. The number of nitro groups is 1. The lowest BCUT2D eigenvalue weighted by Crippen LogP contribution is -2.20. The van der Waals surface area contributed by atoms with E-state index in [0.717, 1.165) is 11.1 Å². The first-order valence-corrected chi connectivity index (χ1v) is 7.40. The highest BCUT2D eigenvalue weighted by Crippen LogP contribution is 2.16. The fourth-order valence-corrected chi connectivity index (χ4v) is 2.12. The number of nitrogens with one attached hydrogen (secondary N) is 1. The summed E-state index contributed by atoms with van der Waals surface area (Å²) in [6, 6.07) is 13.2. The van der Waals surface area contributed by atoms with E-state index in [1.54, 1.807) is 0 Å². The van der Waals surface area contributed by atoms with Crippen molar-refractivity contribution < 1.29 is 9.72 Å². The summed E-state index contributed by atoms with van der Waals surface area (Å²) in [7, 11) is 0. The molecule has 0 unspecified atom stereocenters. The third-order valence-electron chi connectivity index (χ3n) is 3.41. The van der Waals surface area contributed by atoms with E-state index in [1.165, 1.54) is 29.1 Å². The monoisotopic (exact) mass is 338 g/mol. The molecular formula is C16H14N6O3. The smallest absolute Gasteiger partial charge is 0.269 e. The molecule has 0 bridgehead atoms. The van der Waals surface area contributed by atoms with Crippen LogP contribution in [0, 0.1) is 17.0 Å². The van der Waals surface area contributed by atoms with Gasteiger partial charge in [0, 0.05) is 23.4 Å². The van der Waals surface area contributed by atoms with Crippen LogP contribution in [0.4, 0.5) is 11.4 Å². The Labute approximate surface area is 142 Å². The minimum atomic E-state index is -0.502. The van der Waals surface area contributed by atoms with E-state index in [2.05, 4.69) is 20.7 Å². The first kappa shape index (κ1) is 16.2. The number of carbonyl (C=O) groups excluding carboxylic acids is 1. The Hall–Kier alpha value is -3.62. The van der Waals surface area contributed by atoms with E-state index in [4.69, 9.17) is 0 Å². The maximum Gasteiger partial charge on any atom is 0.269 e. The zero-order valence-electron chi connectivity index (χ0n) is 13.3. The van der Waals surface area contributed by atoms with Crippen molar-refractivity contribution in [2.24, 2.45) is 0 Å². The van der Waals surface area contributed by atoms with Crippen LogP contribution in [0.5, 0.6) is 0 Å². The van der Waals surface area contributed by atoms with Gasteiger partial charge in [0.15, 0.2) is 0 Å². The second-order valence-corrected chi connectivity index (χ2v) is 5.36. The molecule has 9 nitrogen and oxygen atoms in total. The highest BCUT2D eigenvalue weighted by atomic mass is 16.6. The zero-order valence-corrected chi connectivity index (χ0v) is 13.3. The Bertz CT molecular complexity index is 902. The molecule has 25 heavy (non-hydrogen) atoms. The van der Waals surface area contributed by atoms with Crippen molar-refractivity contribution in [3.8, 4) is 11.4 Å². The molecule has 0 aliphatic heterocycles. The van der Waals surface area contributed by atoms with Gasteiger partial charge in [0.25, 0.3) is 5.69 Å². The Morgan fingerprint density at radius 2 is 1.84 bits per heavy atom. The summed E-state index contributed by atoms with van der Waals surface area (Å²) in [5.74, 6) is 0.0739. The maximum absolute atomic E-state index is 12.0. The molecule has 1 N–H and O–H groups in total. The maximum atomic E-state index is 12.0. The summed E-state index contributed by atoms with van der Waals surface area (Å²) >= 11 is 0. The lowest BCUT2D eigenvalue weighted by molar-refractivity contribution is -0.384. The van der Waals surface area contributed by atoms with Gasteiger partial charge in [-0.2, -0.15) is 4.80 Å². The number of hydrogen-bond acceptors (Lipinski definition) is 6. The molecule has 3 aromatic rings. The van der Waals surface area contributed by atoms with Gasteiger partial charge >= 0.3 is 0 Å². The zero-order chi connectivity index (χ0) is 17.8. The fourth-order valence-electron chi connectivity index (χ4n) is 2.12. The number of benzene rings is 2. The third-order valence-corrected chi connectivity index (χ3v) is 3.41. The molecule has 1 aromatic heterocycles. The number of nitrogens with zero attached hydrogens (tertiary/aromatic N) is 5. The molecule has 0 aliphatic rings. The molecule has 0 spiro atoms. The van der Waals surface area contributed by atoms with Crippen molar-refractivity contribution in [2.45, 2.75) is 13.5 Å². The van der Waals surface area contributed by atoms with Crippen molar-refractivity contribution in [3.05, 3.63) is 64.2 Å². The highest BCUT2D eigenvalue weighted by molar-refractivity contribution is 5.90. The normalized spacial score (nSPS) is 10.4. The SMILES string of the molecule is Cc1ccc(-c2nnn(CC(=O)Nc3ccc([N+](=O)[O-])cc3)n2)cc1. The Balaban J connectivity index is 1.63. The third kappa shape index (κ3) is 4.02.